The van der Waals surface area contributed by atoms with E-state index in [1.54, 1.807) is 0 Å². The van der Waals surface area contributed by atoms with Gasteiger partial charge in [0.05, 0.1) is 26.4 Å². The van der Waals surface area contributed by atoms with Crippen LogP contribution in [-0.4, -0.2) is 96.7 Å². The highest BCUT2D eigenvalue weighted by Gasteiger charge is 2.30. The highest BCUT2D eigenvalue weighted by atomic mass is 31.2. The topological polar surface area (TPSA) is 237 Å². The smallest absolute Gasteiger partial charge is 0.462 e. The van der Waals surface area contributed by atoms with Gasteiger partial charge >= 0.3 is 39.5 Å². The van der Waals surface area contributed by atoms with Gasteiger partial charge in [-0.05, 0) is 31.6 Å². The van der Waals surface area contributed by atoms with Gasteiger partial charge in [-0.25, -0.2) is 9.13 Å². The first-order valence-electron chi connectivity index (χ1n) is 41.1. The van der Waals surface area contributed by atoms with Crippen molar-refractivity contribution in [3.05, 3.63) is 0 Å². The van der Waals surface area contributed by atoms with Crippen LogP contribution in [0.2, 0.25) is 0 Å². The van der Waals surface area contributed by atoms with Crippen molar-refractivity contribution in [2.45, 2.75) is 438 Å². The highest BCUT2D eigenvalue weighted by Crippen LogP contribution is 2.45. The predicted octanol–water partition coefficient (Wildman–Crippen LogP) is 23.6. The van der Waals surface area contributed by atoms with Crippen molar-refractivity contribution in [1.82, 2.24) is 0 Å². The third kappa shape index (κ3) is 72.4. The maximum absolute atomic E-state index is 13.1. The molecule has 19 heteroatoms. The Labute approximate surface area is 600 Å². The van der Waals surface area contributed by atoms with Crippen LogP contribution in [-0.2, 0) is 65.4 Å². The minimum atomic E-state index is -4.96. The first kappa shape index (κ1) is 96.1. The fourth-order valence-electron chi connectivity index (χ4n) is 12.2. The van der Waals surface area contributed by atoms with Gasteiger partial charge in [0, 0.05) is 25.7 Å². The number of hydrogen-bond acceptors (Lipinski definition) is 15. The summed E-state index contributed by atoms with van der Waals surface area (Å²) in [5, 5.41) is 10.6. The zero-order valence-electron chi connectivity index (χ0n) is 63.9. The highest BCUT2D eigenvalue weighted by molar-refractivity contribution is 7.47. The Morgan fingerprint density at radius 2 is 0.469 bits per heavy atom. The Morgan fingerprint density at radius 3 is 0.694 bits per heavy atom. The number of phosphoric acid groups is 2. The van der Waals surface area contributed by atoms with Gasteiger partial charge in [-0.15, -0.1) is 0 Å². The van der Waals surface area contributed by atoms with Gasteiger partial charge in [0.2, 0.25) is 0 Å². The van der Waals surface area contributed by atoms with E-state index in [-0.39, 0.29) is 25.7 Å². The quantitative estimate of drug-likeness (QED) is 0.0222. The molecule has 0 heterocycles. The van der Waals surface area contributed by atoms with E-state index in [0.29, 0.717) is 25.7 Å². The van der Waals surface area contributed by atoms with Crippen molar-refractivity contribution in [3.63, 3.8) is 0 Å². The van der Waals surface area contributed by atoms with E-state index < -0.39 is 97.5 Å². The Bertz CT molecular complexity index is 1870. The minimum Gasteiger partial charge on any atom is -0.462 e. The molecule has 5 atom stereocenters. The number of hydrogen-bond donors (Lipinski definition) is 3. The van der Waals surface area contributed by atoms with Gasteiger partial charge in [0.1, 0.15) is 19.3 Å². The standard InChI is InChI=1S/C79H154O17P2/c1-6-9-12-15-18-21-23-25-27-29-30-31-33-35-37-39-44-49-54-59-64-78(83)96-75(69-90-77(82)63-58-53-48-43-38-36-34-32-28-26-24-22-19-16-13-10-7-2)71-94-98(87,88)92-67-73(80)66-91-97(85,86)93-70-74(68-89-76(81)62-57-52-47-20-17-14-11-8-3)95-79(84)65-60-55-50-45-41-40-42-46-51-56-61-72(4)5/h72-75,80H,6-71H2,1-5H3,(H,85,86)(H,87,88)/t73-,74+,75+/m0/s1. The second kappa shape index (κ2) is 72.0. The Kier molecular flexibility index (Phi) is 70.6. The number of unbranched alkanes of at least 4 members (excludes halogenated alkanes) is 51. The van der Waals surface area contributed by atoms with Crippen LogP contribution in [0.4, 0.5) is 0 Å². The summed E-state index contributed by atoms with van der Waals surface area (Å²) in [6, 6.07) is 0. The van der Waals surface area contributed by atoms with Gasteiger partial charge in [-0.3, -0.25) is 37.3 Å². The van der Waals surface area contributed by atoms with Crippen molar-refractivity contribution in [1.29, 1.82) is 0 Å². The summed E-state index contributed by atoms with van der Waals surface area (Å²) in [6.45, 7) is 7.28. The SMILES string of the molecule is CCCCCCCCCCCCCCCCCCCCCCC(=O)O[C@H](COC(=O)CCCCCCCCCCCCCCCCCCC)COP(=O)(O)OC[C@@H](O)COP(=O)(O)OC[C@@H](COC(=O)CCCCCCCCCC)OC(=O)CCCCCCCCCCCCC(C)C. The molecule has 0 aliphatic rings. The second-order valence-electron chi connectivity index (χ2n) is 28.9. The lowest BCUT2D eigenvalue weighted by molar-refractivity contribution is -0.161. The van der Waals surface area contributed by atoms with Crippen LogP contribution in [0.5, 0.6) is 0 Å². The number of esters is 4. The normalized spacial score (nSPS) is 13.9. The fraction of sp³-hybridized carbons (Fsp3) is 0.949. The molecule has 0 rings (SSSR count). The summed E-state index contributed by atoms with van der Waals surface area (Å²) in [6.07, 6.45) is 62.6. The van der Waals surface area contributed by atoms with Gasteiger partial charge < -0.3 is 33.8 Å². The number of carbonyl (C=O) groups is 4. The molecular weight excluding hydrogens is 1280 g/mol. The number of aliphatic hydroxyl groups is 1. The molecule has 0 aliphatic heterocycles. The van der Waals surface area contributed by atoms with E-state index in [9.17, 15) is 43.2 Å². The number of phosphoric ester groups is 2. The molecule has 0 aromatic carbocycles. The summed E-state index contributed by atoms with van der Waals surface area (Å²) in [7, 11) is -9.91. The molecule has 0 saturated heterocycles. The average Bonchev–Trinajstić information content (AvgIpc) is 0.958. The number of ether oxygens (including phenoxy) is 4. The molecule has 3 N–H and O–H groups in total. The van der Waals surface area contributed by atoms with Crippen molar-refractivity contribution in [2.24, 2.45) is 5.92 Å². The predicted molar refractivity (Wildman–Crippen MR) is 400 cm³/mol. The average molecular weight is 1440 g/mol. The van der Waals surface area contributed by atoms with E-state index >= 15 is 0 Å². The summed E-state index contributed by atoms with van der Waals surface area (Å²) >= 11 is 0. The van der Waals surface area contributed by atoms with Gasteiger partial charge in [0.15, 0.2) is 12.2 Å². The lowest BCUT2D eigenvalue weighted by Gasteiger charge is -2.21. The Morgan fingerprint density at radius 1 is 0.276 bits per heavy atom. The number of carbonyl (C=O) groups excluding carboxylic acids is 4. The third-order valence-electron chi connectivity index (χ3n) is 18.5. The molecule has 0 radical (unpaired) electrons. The molecule has 98 heavy (non-hydrogen) atoms. The molecule has 0 spiro atoms. The number of rotatable bonds is 79. The van der Waals surface area contributed by atoms with Crippen LogP contribution in [0.3, 0.4) is 0 Å². The summed E-state index contributed by atoms with van der Waals surface area (Å²) < 4.78 is 68.6. The second-order valence-corrected chi connectivity index (χ2v) is 31.8. The molecule has 582 valence electrons. The Balaban J connectivity index is 5.19. The van der Waals surface area contributed by atoms with Crippen molar-refractivity contribution in [3.8, 4) is 0 Å². The molecule has 0 aliphatic carbocycles. The van der Waals surface area contributed by atoms with Crippen molar-refractivity contribution < 1.29 is 80.2 Å². The van der Waals surface area contributed by atoms with Crippen LogP contribution in [0, 0.1) is 5.92 Å². The molecule has 0 aromatic heterocycles. The van der Waals surface area contributed by atoms with Gasteiger partial charge in [-0.1, -0.05) is 369 Å². The van der Waals surface area contributed by atoms with E-state index in [4.69, 9.17) is 37.0 Å². The van der Waals surface area contributed by atoms with Crippen LogP contribution in [0.1, 0.15) is 420 Å². The van der Waals surface area contributed by atoms with Crippen LogP contribution < -0.4 is 0 Å². The Hall–Kier alpha value is -1.94. The van der Waals surface area contributed by atoms with Crippen LogP contribution in [0.25, 0.3) is 0 Å². The molecule has 2 unspecified atom stereocenters. The first-order chi connectivity index (χ1) is 47.5. The summed E-state index contributed by atoms with van der Waals surface area (Å²) in [5.74, 6) is -1.36. The van der Waals surface area contributed by atoms with E-state index in [0.717, 1.165) is 102 Å². The van der Waals surface area contributed by atoms with Crippen molar-refractivity contribution >= 4 is 39.5 Å². The largest absolute Gasteiger partial charge is 0.472 e. The summed E-state index contributed by atoms with van der Waals surface area (Å²) in [5.41, 5.74) is 0. The van der Waals surface area contributed by atoms with Gasteiger partial charge in [-0.2, -0.15) is 0 Å². The fourth-order valence-corrected chi connectivity index (χ4v) is 13.8. The number of aliphatic hydroxyl groups excluding tert-OH is 1. The monoisotopic (exact) mass is 1440 g/mol. The molecule has 0 saturated carbocycles. The lowest BCUT2D eigenvalue weighted by Crippen LogP contribution is -2.30. The maximum atomic E-state index is 13.1. The molecule has 0 amide bonds. The molecule has 0 bridgehead atoms. The molecular formula is C79H154O17P2. The molecule has 0 aromatic rings. The minimum absolute atomic E-state index is 0.106. The zero-order valence-corrected chi connectivity index (χ0v) is 65.7. The van der Waals surface area contributed by atoms with Crippen molar-refractivity contribution in [2.75, 3.05) is 39.6 Å². The third-order valence-corrected chi connectivity index (χ3v) is 20.4. The van der Waals surface area contributed by atoms with E-state index in [1.165, 1.54) is 238 Å². The van der Waals surface area contributed by atoms with Crippen LogP contribution in [0.15, 0.2) is 0 Å². The van der Waals surface area contributed by atoms with Gasteiger partial charge in [0.25, 0.3) is 0 Å². The maximum Gasteiger partial charge on any atom is 0.472 e. The van der Waals surface area contributed by atoms with E-state index in [2.05, 4.69) is 34.6 Å². The zero-order chi connectivity index (χ0) is 71.9. The first-order valence-corrected chi connectivity index (χ1v) is 44.1. The molecule has 17 nitrogen and oxygen atoms in total. The summed E-state index contributed by atoms with van der Waals surface area (Å²) in [4.78, 5) is 72.8. The van der Waals surface area contributed by atoms with Crippen LogP contribution >= 0.6 is 15.6 Å². The van der Waals surface area contributed by atoms with E-state index in [1.807, 2.05) is 0 Å². The molecule has 0 fully saturated rings. The lowest BCUT2D eigenvalue weighted by atomic mass is 10.0.